The minimum atomic E-state index is -0.160. The molecule has 1 saturated heterocycles. The van der Waals surface area contributed by atoms with Gasteiger partial charge in [-0.15, -0.1) is 0 Å². The molecule has 0 radical (unpaired) electrons. The van der Waals surface area contributed by atoms with Gasteiger partial charge in [0, 0.05) is 18.4 Å². The van der Waals surface area contributed by atoms with Gasteiger partial charge in [-0.1, -0.05) is 13.0 Å². The maximum atomic E-state index is 11.6. The van der Waals surface area contributed by atoms with E-state index in [0.29, 0.717) is 6.42 Å². The van der Waals surface area contributed by atoms with E-state index in [9.17, 15) is 4.79 Å². The van der Waals surface area contributed by atoms with Crippen LogP contribution >= 0.6 is 0 Å². The molecule has 0 saturated carbocycles. The van der Waals surface area contributed by atoms with Crippen LogP contribution in [0, 0.1) is 5.92 Å². The Morgan fingerprint density at radius 2 is 2.26 bits per heavy atom. The van der Waals surface area contributed by atoms with Crippen molar-refractivity contribution in [2.75, 3.05) is 20.2 Å². The number of piperidine rings is 1. The molecule has 0 aliphatic carbocycles. The largest absolute Gasteiger partial charge is 0.469 e. The molecule has 1 unspecified atom stereocenters. The fourth-order valence-electron chi connectivity index (χ4n) is 2.61. The Hall–Kier alpha value is -1.42. The van der Waals surface area contributed by atoms with Crippen LogP contribution in [0.15, 0.2) is 24.5 Å². The molecular weight excluding hydrogens is 240 g/mol. The Bertz CT molecular complexity index is 400. The Balaban J connectivity index is 2.12. The third-order valence-corrected chi connectivity index (χ3v) is 3.92. The van der Waals surface area contributed by atoms with Crippen LogP contribution in [0.4, 0.5) is 0 Å². The van der Waals surface area contributed by atoms with Gasteiger partial charge in [-0.05, 0) is 43.5 Å². The van der Waals surface area contributed by atoms with Crippen LogP contribution in [0.25, 0.3) is 0 Å². The molecule has 0 amide bonds. The molecule has 2 heterocycles. The lowest BCUT2D eigenvalue weighted by Crippen LogP contribution is -2.37. The Morgan fingerprint density at radius 1 is 1.53 bits per heavy atom. The van der Waals surface area contributed by atoms with Gasteiger partial charge in [0.25, 0.3) is 0 Å². The second-order valence-electron chi connectivity index (χ2n) is 5.30. The Labute approximate surface area is 114 Å². The number of esters is 1. The summed E-state index contributed by atoms with van der Waals surface area (Å²) in [7, 11) is 1.45. The van der Waals surface area contributed by atoms with E-state index in [1.54, 1.807) is 6.20 Å². The lowest BCUT2D eigenvalue weighted by atomic mass is 9.95. The van der Waals surface area contributed by atoms with E-state index >= 15 is 0 Å². The van der Waals surface area contributed by atoms with Gasteiger partial charge in [0.2, 0.25) is 0 Å². The highest BCUT2D eigenvalue weighted by atomic mass is 16.5. The number of pyridine rings is 1. The van der Waals surface area contributed by atoms with Gasteiger partial charge in [-0.3, -0.25) is 14.7 Å². The quantitative estimate of drug-likeness (QED) is 0.782. The van der Waals surface area contributed by atoms with E-state index in [-0.39, 0.29) is 12.0 Å². The average molecular weight is 262 g/mol. The second-order valence-corrected chi connectivity index (χ2v) is 5.30. The van der Waals surface area contributed by atoms with Gasteiger partial charge in [0.15, 0.2) is 0 Å². The molecule has 1 aromatic heterocycles. The predicted molar refractivity (Wildman–Crippen MR) is 73.6 cm³/mol. The van der Waals surface area contributed by atoms with E-state index in [0.717, 1.165) is 24.6 Å². The van der Waals surface area contributed by atoms with Gasteiger partial charge in [-0.25, -0.2) is 0 Å². The number of ether oxygens (including phenoxy) is 1. The molecule has 1 aromatic rings. The molecule has 1 atom stereocenters. The Morgan fingerprint density at radius 3 is 2.84 bits per heavy atom. The lowest BCUT2D eigenvalue weighted by Gasteiger charge is -2.36. The highest BCUT2D eigenvalue weighted by Gasteiger charge is 2.26. The normalized spacial score (nSPS) is 19.1. The second kappa shape index (κ2) is 6.66. The molecular formula is C15H22N2O2. The van der Waals surface area contributed by atoms with Gasteiger partial charge >= 0.3 is 5.97 Å². The van der Waals surface area contributed by atoms with E-state index in [4.69, 9.17) is 4.74 Å². The third kappa shape index (κ3) is 3.77. The van der Waals surface area contributed by atoms with Gasteiger partial charge in [-0.2, -0.15) is 0 Å². The molecule has 1 aliphatic rings. The van der Waals surface area contributed by atoms with Gasteiger partial charge in [0.1, 0.15) is 0 Å². The summed E-state index contributed by atoms with van der Waals surface area (Å²) in [6, 6.07) is 4.05. The maximum absolute atomic E-state index is 11.6. The van der Waals surface area contributed by atoms with Crippen LogP contribution in [0.3, 0.4) is 0 Å². The number of hydrogen-bond donors (Lipinski definition) is 0. The SMILES string of the molecule is COC(=O)CC(c1cccnc1)N1CCC(C)CC1. The minimum Gasteiger partial charge on any atom is -0.469 e. The van der Waals surface area contributed by atoms with Crippen LogP contribution in [0.1, 0.15) is 37.8 Å². The first-order chi connectivity index (χ1) is 9.20. The number of likely N-dealkylation sites (tertiary alicyclic amines) is 1. The maximum Gasteiger partial charge on any atom is 0.307 e. The van der Waals surface area contributed by atoms with Crippen LogP contribution < -0.4 is 0 Å². The summed E-state index contributed by atoms with van der Waals surface area (Å²) in [5.41, 5.74) is 1.10. The van der Waals surface area contributed by atoms with Gasteiger partial charge < -0.3 is 4.74 Å². The molecule has 19 heavy (non-hydrogen) atoms. The van der Waals surface area contributed by atoms with Crippen molar-refractivity contribution in [3.63, 3.8) is 0 Å². The van der Waals surface area contributed by atoms with E-state index in [2.05, 4.69) is 16.8 Å². The number of aromatic nitrogens is 1. The monoisotopic (exact) mass is 262 g/mol. The molecule has 4 nitrogen and oxygen atoms in total. The standard InChI is InChI=1S/C15H22N2O2/c1-12-5-8-17(9-6-12)14(10-15(18)19-2)13-4-3-7-16-11-13/h3-4,7,11-12,14H,5-6,8-10H2,1-2H3. The third-order valence-electron chi connectivity index (χ3n) is 3.92. The highest BCUT2D eigenvalue weighted by Crippen LogP contribution is 2.29. The van der Waals surface area contributed by atoms with Crippen molar-refractivity contribution in [3.8, 4) is 0 Å². The zero-order chi connectivity index (χ0) is 13.7. The summed E-state index contributed by atoms with van der Waals surface area (Å²) in [5, 5.41) is 0. The molecule has 4 heteroatoms. The Kier molecular flexibility index (Phi) is 4.91. The number of rotatable bonds is 4. The minimum absolute atomic E-state index is 0.0913. The topological polar surface area (TPSA) is 42.4 Å². The summed E-state index contributed by atoms with van der Waals surface area (Å²) < 4.78 is 4.83. The smallest absolute Gasteiger partial charge is 0.307 e. The molecule has 0 aromatic carbocycles. The summed E-state index contributed by atoms with van der Waals surface area (Å²) in [4.78, 5) is 18.2. The van der Waals surface area contributed by atoms with Crippen molar-refractivity contribution in [1.29, 1.82) is 0 Å². The van der Waals surface area contributed by atoms with Crippen molar-refractivity contribution in [1.82, 2.24) is 9.88 Å². The molecule has 0 bridgehead atoms. The first kappa shape index (κ1) is 14.0. The predicted octanol–water partition coefficient (Wildman–Crippen LogP) is 2.42. The summed E-state index contributed by atoms with van der Waals surface area (Å²) in [6.07, 6.45) is 6.40. The molecule has 0 spiro atoms. The van der Waals surface area contributed by atoms with E-state index < -0.39 is 0 Å². The molecule has 104 valence electrons. The number of carbonyl (C=O) groups is 1. The molecule has 0 N–H and O–H groups in total. The van der Waals surface area contributed by atoms with Crippen molar-refractivity contribution in [2.24, 2.45) is 5.92 Å². The molecule has 1 fully saturated rings. The highest BCUT2D eigenvalue weighted by molar-refractivity contribution is 5.70. The molecule has 2 rings (SSSR count). The van der Waals surface area contributed by atoms with Crippen LogP contribution in [-0.4, -0.2) is 36.1 Å². The number of carbonyl (C=O) groups excluding carboxylic acids is 1. The van der Waals surface area contributed by atoms with E-state index in [1.807, 2.05) is 18.3 Å². The van der Waals surface area contributed by atoms with Crippen LogP contribution in [-0.2, 0) is 9.53 Å². The van der Waals surface area contributed by atoms with Crippen LogP contribution in [0.2, 0.25) is 0 Å². The first-order valence-electron chi connectivity index (χ1n) is 6.91. The summed E-state index contributed by atoms with van der Waals surface area (Å²) >= 11 is 0. The van der Waals surface area contributed by atoms with E-state index in [1.165, 1.54) is 20.0 Å². The fourth-order valence-corrected chi connectivity index (χ4v) is 2.61. The zero-order valence-corrected chi connectivity index (χ0v) is 11.7. The molecule has 1 aliphatic heterocycles. The number of hydrogen-bond acceptors (Lipinski definition) is 4. The van der Waals surface area contributed by atoms with Crippen molar-refractivity contribution < 1.29 is 9.53 Å². The van der Waals surface area contributed by atoms with Crippen molar-refractivity contribution >= 4 is 5.97 Å². The van der Waals surface area contributed by atoms with Crippen molar-refractivity contribution in [2.45, 2.75) is 32.2 Å². The average Bonchev–Trinajstić information content (AvgIpc) is 2.46. The number of methoxy groups -OCH3 is 1. The number of nitrogens with zero attached hydrogens (tertiary/aromatic N) is 2. The fraction of sp³-hybridized carbons (Fsp3) is 0.600. The van der Waals surface area contributed by atoms with Crippen molar-refractivity contribution in [3.05, 3.63) is 30.1 Å². The first-order valence-corrected chi connectivity index (χ1v) is 6.91. The zero-order valence-electron chi connectivity index (χ0n) is 11.7. The van der Waals surface area contributed by atoms with Gasteiger partial charge in [0.05, 0.1) is 13.5 Å². The van der Waals surface area contributed by atoms with Crippen LogP contribution in [0.5, 0.6) is 0 Å². The summed E-state index contributed by atoms with van der Waals surface area (Å²) in [5.74, 6) is 0.622. The lowest BCUT2D eigenvalue weighted by molar-refractivity contribution is -0.142. The summed E-state index contributed by atoms with van der Waals surface area (Å²) in [6.45, 7) is 4.37.